The van der Waals surface area contributed by atoms with Crippen molar-refractivity contribution in [3.05, 3.63) is 90.0 Å². The van der Waals surface area contributed by atoms with Crippen molar-refractivity contribution in [3.8, 4) is 22.5 Å². The summed E-state index contributed by atoms with van der Waals surface area (Å²) in [7, 11) is 0. The molecule has 0 fully saturated rings. The van der Waals surface area contributed by atoms with Crippen LogP contribution in [0.5, 0.6) is 0 Å². The van der Waals surface area contributed by atoms with Gasteiger partial charge in [0.25, 0.3) is 0 Å². The molecular weight excluding hydrogens is 520 g/mol. The Bertz CT molecular complexity index is 1420. The van der Waals surface area contributed by atoms with E-state index in [2.05, 4.69) is 25.9 Å². The molecule has 0 unspecified atom stereocenters. The Labute approximate surface area is 238 Å². The lowest BCUT2D eigenvalue weighted by Gasteiger charge is -2.29. The van der Waals surface area contributed by atoms with Crippen molar-refractivity contribution in [3.63, 3.8) is 0 Å². The van der Waals surface area contributed by atoms with Gasteiger partial charge in [0, 0.05) is 25.1 Å². The van der Waals surface area contributed by atoms with Crippen LogP contribution >= 0.6 is 0 Å². The Morgan fingerprint density at radius 2 is 1.61 bits per heavy atom. The number of hydrogen-bond donors (Lipinski definition) is 3. The number of nitrogens with one attached hydrogen (secondary N) is 2. The molecule has 0 aliphatic rings. The van der Waals surface area contributed by atoms with E-state index in [9.17, 15) is 19.5 Å². The monoisotopic (exact) mass is 554 g/mol. The molecule has 212 valence electrons. The molecule has 0 aliphatic heterocycles. The van der Waals surface area contributed by atoms with Crippen LogP contribution in [0.4, 0.5) is 0 Å². The van der Waals surface area contributed by atoms with Gasteiger partial charge in [-0.25, -0.2) is 4.79 Å². The van der Waals surface area contributed by atoms with Crippen LogP contribution in [-0.2, 0) is 27.3 Å². The van der Waals surface area contributed by atoms with Crippen LogP contribution in [0.2, 0.25) is 0 Å². The number of carboxylic acids is 1. The van der Waals surface area contributed by atoms with Gasteiger partial charge in [-0.1, -0.05) is 98.6 Å². The van der Waals surface area contributed by atoms with Crippen molar-refractivity contribution >= 4 is 17.8 Å². The summed E-state index contributed by atoms with van der Waals surface area (Å²) in [6.07, 6.45) is 2.23. The summed E-state index contributed by atoms with van der Waals surface area (Å²) in [6.45, 7) is 2.56. The molecule has 1 aromatic heterocycles. The molecule has 4 rings (SSSR count). The Kier molecular flexibility index (Phi) is 10.3. The van der Waals surface area contributed by atoms with E-state index < -0.39 is 30.2 Å². The van der Waals surface area contributed by atoms with E-state index >= 15 is 0 Å². The van der Waals surface area contributed by atoms with E-state index in [0.29, 0.717) is 12.2 Å². The fourth-order valence-electron chi connectivity index (χ4n) is 4.66. The molecule has 0 radical (unpaired) electrons. The number of H-pyrrole nitrogens is 1. The van der Waals surface area contributed by atoms with E-state index in [1.165, 1.54) is 4.90 Å². The lowest BCUT2D eigenvalue weighted by Crippen LogP contribution is -2.48. The number of unbranched alkanes of at least 4 members (excludes halogenated alkanes) is 2. The first kappa shape index (κ1) is 29.1. The highest BCUT2D eigenvalue weighted by Gasteiger charge is 2.30. The second-order valence-electron chi connectivity index (χ2n) is 9.77. The summed E-state index contributed by atoms with van der Waals surface area (Å²) in [5.74, 6) is -1.53. The number of carbonyl (C=O) groups is 3. The number of benzene rings is 3. The molecule has 41 heavy (non-hydrogen) atoms. The number of rotatable bonds is 14. The number of amides is 2. The molecule has 3 N–H and O–H groups in total. The van der Waals surface area contributed by atoms with E-state index in [0.717, 1.165) is 40.7 Å². The molecule has 10 heteroatoms. The highest BCUT2D eigenvalue weighted by molar-refractivity contribution is 5.98. The summed E-state index contributed by atoms with van der Waals surface area (Å²) in [5.41, 5.74) is 4.43. The zero-order valence-corrected chi connectivity index (χ0v) is 23.0. The average Bonchev–Trinajstić information content (AvgIpc) is 3.53. The van der Waals surface area contributed by atoms with Crippen LogP contribution in [0.25, 0.3) is 22.5 Å². The molecule has 1 heterocycles. The first-order valence-electron chi connectivity index (χ1n) is 13.7. The van der Waals surface area contributed by atoms with Crippen molar-refractivity contribution in [2.24, 2.45) is 0 Å². The summed E-state index contributed by atoms with van der Waals surface area (Å²) in [4.78, 5) is 39.5. The third-order valence-electron chi connectivity index (χ3n) is 6.84. The molecule has 0 saturated heterocycles. The van der Waals surface area contributed by atoms with Crippen molar-refractivity contribution in [2.75, 3.05) is 6.54 Å². The largest absolute Gasteiger partial charge is 0.480 e. The second kappa shape index (κ2) is 14.5. The van der Waals surface area contributed by atoms with Crippen LogP contribution in [0.1, 0.15) is 43.7 Å². The van der Waals surface area contributed by atoms with E-state index in [1.807, 2.05) is 85.8 Å². The molecule has 1 atom stereocenters. The number of tetrazole rings is 1. The van der Waals surface area contributed by atoms with Crippen molar-refractivity contribution in [1.29, 1.82) is 0 Å². The number of aromatic nitrogens is 4. The Morgan fingerprint density at radius 3 is 2.27 bits per heavy atom. The number of hydrogen-bond acceptors (Lipinski definition) is 6. The Hall–Kier alpha value is -4.86. The minimum Gasteiger partial charge on any atom is -0.480 e. The standard InChI is InChI=1S/C31H34N6O4/c1-2-3-9-18-37(27(31(40)41)19-22-10-5-4-6-11-22)29(39)20-28(38)32-21-23-14-16-24(17-15-23)25-12-7-8-13-26(25)30-33-35-36-34-30/h4-8,10-17,27H,2-3,9,18-21H2,1H3,(H,32,38)(H,40,41)(H,33,34,35,36)/t27-/m0/s1. The minimum absolute atomic E-state index is 0.178. The molecular formula is C31H34N6O4. The normalized spacial score (nSPS) is 11.5. The van der Waals surface area contributed by atoms with Crippen LogP contribution in [-0.4, -0.2) is 61.0 Å². The van der Waals surface area contributed by atoms with Gasteiger partial charge in [0.15, 0.2) is 0 Å². The van der Waals surface area contributed by atoms with E-state index in [4.69, 9.17) is 0 Å². The molecule has 3 aromatic carbocycles. The lowest BCUT2D eigenvalue weighted by molar-refractivity contribution is -0.151. The highest BCUT2D eigenvalue weighted by atomic mass is 16.4. The van der Waals surface area contributed by atoms with Gasteiger partial charge in [-0.3, -0.25) is 9.59 Å². The molecule has 0 aliphatic carbocycles. The lowest BCUT2D eigenvalue weighted by atomic mass is 9.98. The quantitative estimate of drug-likeness (QED) is 0.156. The fraction of sp³-hybridized carbons (Fsp3) is 0.290. The summed E-state index contributed by atoms with van der Waals surface area (Å²) < 4.78 is 0. The number of aliphatic carboxylic acids is 1. The predicted octanol–water partition coefficient (Wildman–Crippen LogP) is 4.25. The topological polar surface area (TPSA) is 141 Å². The van der Waals surface area contributed by atoms with Gasteiger partial charge >= 0.3 is 5.97 Å². The predicted molar refractivity (Wildman–Crippen MR) is 154 cm³/mol. The summed E-state index contributed by atoms with van der Waals surface area (Å²) in [5, 5.41) is 27.0. The average molecular weight is 555 g/mol. The molecule has 0 saturated carbocycles. The van der Waals surface area contributed by atoms with Gasteiger partial charge < -0.3 is 15.3 Å². The van der Waals surface area contributed by atoms with Gasteiger partial charge in [0.2, 0.25) is 17.6 Å². The van der Waals surface area contributed by atoms with Crippen molar-refractivity contribution < 1.29 is 19.5 Å². The SMILES string of the molecule is CCCCCN(C(=O)CC(=O)NCc1ccc(-c2ccccc2-c2nn[nH]n2)cc1)[C@@H](Cc1ccccc1)C(=O)O. The minimum atomic E-state index is -1.08. The highest BCUT2D eigenvalue weighted by Crippen LogP contribution is 2.29. The third-order valence-corrected chi connectivity index (χ3v) is 6.84. The van der Waals surface area contributed by atoms with Crippen LogP contribution in [0, 0.1) is 0 Å². The van der Waals surface area contributed by atoms with Crippen LogP contribution < -0.4 is 5.32 Å². The Balaban J connectivity index is 1.38. The molecule has 4 aromatic rings. The number of aromatic amines is 1. The molecule has 0 bridgehead atoms. The number of carboxylic acid groups (broad SMARTS) is 1. The van der Waals surface area contributed by atoms with E-state index in [1.54, 1.807) is 0 Å². The van der Waals surface area contributed by atoms with Crippen molar-refractivity contribution in [1.82, 2.24) is 30.8 Å². The van der Waals surface area contributed by atoms with E-state index in [-0.39, 0.29) is 19.5 Å². The van der Waals surface area contributed by atoms with Crippen LogP contribution in [0.15, 0.2) is 78.9 Å². The smallest absolute Gasteiger partial charge is 0.326 e. The first-order valence-corrected chi connectivity index (χ1v) is 13.7. The zero-order chi connectivity index (χ0) is 29.0. The van der Waals surface area contributed by atoms with Gasteiger partial charge in [-0.05, 0) is 33.9 Å². The third kappa shape index (κ3) is 8.07. The molecule has 2 amide bonds. The van der Waals surface area contributed by atoms with Gasteiger partial charge in [-0.2, -0.15) is 5.21 Å². The number of nitrogens with zero attached hydrogens (tertiary/aromatic N) is 4. The number of carbonyl (C=O) groups excluding carboxylic acids is 2. The van der Waals surface area contributed by atoms with Gasteiger partial charge in [0.05, 0.1) is 0 Å². The maximum absolute atomic E-state index is 13.2. The summed E-state index contributed by atoms with van der Waals surface area (Å²) in [6, 6.07) is 23.6. The summed E-state index contributed by atoms with van der Waals surface area (Å²) >= 11 is 0. The van der Waals surface area contributed by atoms with Crippen molar-refractivity contribution in [2.45, 2.75) is 51.6 Å². The maximum Gasteiger partial charge on any atom is 0.326 e. The first-order chi connectivity index (χ1) is 20.0. The maximum atomic E-state index is 13.2. The van der Waals surface area contributed by atoms with Gasteiger partial charge in [0.1, 0.15) is 12.5 Å². The molecule has 0 spiro atoms. The fourth-order valence-corrected chi connectivity index (χ4v) is 4.66. The second-order valence-corrected chi connectivity index (χ2v) is 9.77. The van der Waals surface area contributed by atoms with Crippen LogP contribution in [0.3, 0.4) is 0 Å². The Morgan fingerprint density at radius 1 is 0.902 bits per heavy atom. The molecule has 10 nitrogen and oxygen atoms in total. The van der Waals surface area contributed by atoms with Gasteiger partial charge in [-0.15, -0.1) is 10.2 Å². The zero-order valence-electron chi connectivity index (χ0n) is 23.0.